The molecule has 0 radical (unpaired) electrons. The van der Waals surface area contributed by atoms with Crippen molar-refractivity contribution in [2.45, 2.75) is 19.3 Å². The van der Waals surface area contributed by atoms with Crippen molar-refractivity contribution in [1.82, 2.24) is 4.90 Å². The summed E-state index contributed by atoms with van der Waals surface area (Å²) in [6.45, 7) is 1.96. The van der Waals surface area contributed by atoms with Gasteiger partial charge in [-0.1, -0.05) is 36.4 Å². The fourth-order valence-corrected chi connectivity index (χ4v) is 4.60. The molecule has 6 nitrogen and oxygen atoms in total. The Kier molecular flexibility index (Phi) is 5.35. The van der Waals surface area contributed by atoms with Gasteiger partial charge in [0.05, 0.1) is 11.6 Å². The Morgan fingerprint density at radius 3 is 2.38 bits per heavy atom. The van der Waals surface area contributed by atoms with Crippen LogP contribution in [0.5, 0.6) is 0 Å². The Hall–Kier alpha value is -3.67. The number of nitrogens with zero attached hydrogens (tertiary/aromatic N) is 2. The number of anilines is 2. The number of nitrogens with one attached hydrogen (secondary N) is 1. The van der Waals surface area contributed by atoms with Gasteiger partial charge in [0.25, 0.3) is 5.91 Å². The van der Waals surface area contributed by atoms with Gasteiger partial charge in [-0.25, -0.2) is 0 Å². The summed E-state index contributed by atoms with van der Waals surface area (Å²) in [5.41, 5.74) is 2.10. The molecule has 0 aromatic heterocycles. The van der Waals surface area contributed by atoms with E-state index in [0.29, 0.717) is 17.8 Å². The smallest absolute Gasteiger partial charge is 0.253 e. The molecule has 3 aromatic rings. The van der Waals surface area contributed by atoms with Crippen LogP contribution >= 0.6 is 0 Å². The zero-order valence-corrected chi connectivity index (χ0v) is 17.8. The van der Waals surface area contributed by atoms with E-state index in [0.717, 1.165) is 42.4 Å². The third-order valence-corrected chi connectivity index (χ3v) is 6.35. The van der Waals surface area contributed by atoms with Crippen LogP contribution in [0.3, 0.4) is 0 Å². The average Bonchev–Trinajstić information content (AvgIpc) is 3.49. The molecular weight excluding hydrogens is 402 g/mol. The number of fused-ring (bicyclic) bond motifs is 1. The van der Waals surface area contributed by atoms with Crippen LogP contribution in [0.1, 0.15) is 29.6 Å². The van der Waals surface area contributed by atoms with E-state index in [9.17, 15) is 14.4 Å². The Morgan fingerprint density at radius 1 is 0.875 bits per heavy atom. The van der Waals surface area contributed by atoms with E-state index in [-0.39, 0.29) is 24.1 Å². The molecule has 2 saturated heterocycles. The molecular formula is C26H25N3O3. The number of carbonyl (C=O) groups is 3. The number of benzene rings is 3. The molecule has 2 fully saturated rings. The highest BCUT2D eigenvalue weighted by Crippen LogP contribution is 2.32. The molecule has 2 heterocycles. The number of hydrogen-bond donors (Lipinski definition) is 1. The van der Waals surface area contributed by atoms with Crippen molar-refractivity contribution in [3.05, 3.63) is 72.3 Å². The van der Waals surface area contributed by atoms with Crippen LogP contribution in [0.4, 0.5) is 11.4 Å². The largest absolute Gasteiger partial charge is 0.339 e. The second-order valence-corrected chi connectivity index (χ2v) is 8.47. The minimum atomic E-state index is -0.424. The molecule has 1 N–H and O–H groups in total. The number of amides is 3. The van der Waals surface area contributed by atoms with Gasteiger partial charge in [-0.15, -0.1) is 0 Å². The highest BCUT2D eigenvalue weighted by atomic mass is 16.2. The molecule has 162 valence electrons. The first-order valence-corrected chi connectivity index (χ1v) is 11.1. The number of rotatable bonds is 4. The van der Waals surface area contributed by atoms with Crippen molar-refractivity contribution in [3.63, 3.8) is 0 Å². The topological polar surface area (TPSA) is 69.7 Å². The minimum absolute atomic E-state index is 0.0347. The number of hydrogen-bond acceptors (Lipinski definition) is 3. The molecule has 3 amide bonds. The van der Waals surface area contributed by atoms with Crippen LogP contribution < -0.4 is 10.2 Å². The molecule has 0 spiro atoms. The van der Waals surface area contributed by atoms with Crippen LogP contribution in [0.2, 0.25) is 0 Å². The summed E-state index contributed by atoms with van der Waals surface area (Å²) in [5, 5.41) is 4.97. The van der Waals surface area contributed by atoms with Gasteiger partial charge in [-0.05, 0) is 48.6 Å². The van der Waals surface area contributed by atoms with Gasteiger partial charge in [0.15, 0.2) is 0 Å². The van der Waals surface area contributed by atoms with E-state index >= 15 is 0 Å². The summed E-state index contributed by atoms with van der Waals surface area (Å²) in [6.07, 6.45) is 2.28. The second kappa shape index (κ2) is 8.46. The van der Waals surface area contributed by atoms with Gasteiger partial charge in [0.1, 0.15) is 0 Å². The lowest BCUT2D eigenvalue weighted by molar-refractivity contribution is -0.122. The first kappa shape index (κ1) is 20.2. The number of carbonyl (C=O) groups excluding carboxylic acids is 3. The Balaban J connectivity index is 1.26. The molecule has 5 rings (SSSR count). The van der Waals surface area contributed by atoms with Gasteiger partial charge in [0.2, 0.25) is 11.8 Å². The fourth-order valence-electron chi connectivity index (χ4n) is 4.60. The summed E-state index contributed by atoms with van der Waals surface area (Å²) in [6, 6.07) is 20.8. The van der Waals surface area contributed by atoms with Crippen LogP contribution in [0.15, 0.2) is 66.7 Å². The molecule has 2 aliphatic heterocycles. The van der Waals surface area contributed by atoms with Gasteiger partial charge in [0, 0.05) is 42.7 Å². The molecule has 0 saturated carbocycles. The van der Waals surface area contributed by atoms with Crippen molar-refractivity contribution in [2.24, 2.45) is 5.92 Å². The molecule has 32 heavy (non-hydrogen) atoms. The van der Waals surface area contributed by atoms with Gasteiger partial charge in [-0.2, -0.15) is 0 Å². The maximum atomic E-state index is 12.9. The van der Waals surface area contributed by atoms with Crippen LogP contribution in [-0.2, 0) is 9.59 Å². The maximum Gasteiger partial charge on any atom is 0.253 e. The highest BCUT2D eigenvalue weighted by molar-refractivity contribution is 6.08. The first-order chi connectivity index (χ1) is 15.6. The predicted octanol–water partition coefficient (Wildman–Crippen LogP) is 4.07. The van der Waals surface area contributed by atoms with Crippen molar-refractivity contribution >= 4 is 39.9 Å². The summed E-state index contributed by atoms with van der Waals surface area (Å²) >= 11 is 0. The molecule has 1 atom stereocenters. The average molecular weight is 428 g/mol. The zero-order valence-electron chi connectivity index (χ0n) is 17.8. The van der Waals surface area contributed by atoms with Gasteiger partial charge < -0.3 is 15.1 Å². The molecule has 0 unspecified atom stereocenters. The Morgan fingerprint density at radius 2 is 1.59 bits per heavy atom. The Labute approximate surface area is 186 Å². The zero-order chi connectivity index (χ0) is 22.1. The summed E-state index contributed by atoms with van der Waals surface area (Å²) < 4.78 is 0. The molecule has 2 aliphatic rings. The second-order valence-electron chi connectivity index (χ2n) is 8.47. The molecule has 0 aliphatic carbocycles. The summed E-state index contributed by atoms with van der Waals surface area (Å²) in [7, 11) is 0. The number of likely N-dealkylation sites (tertiary alicyclic amines) is 1. The van der Waals surface area contributed by atoms with E-state index in [1.54, 1.807) is 29.2 Å². The van der Waals surface area contributed by atoms with E-state index in [1.807, 2.05) is 47.4 Å². The monoisotopic (exact) mass is 427 g/mol. The third kappa shape index (κ3) is 3.84. The lowest BCUT2D eigenvalue weighted by Crippen LogP contribution is -2.28. The molecule has 0 bridgehead atoms. The highest BCUT2D eigenvalue weighted by Gasteiger charge is 2.35. The van der Waals surface area contributed by atoms with Crippen LogP contribution in [-0.4, -0.2) is 42.3 Å². The van der Waals surface area contributed by atoms with Crippen molar-refractivity contribution in [2.75, 3.05) is 29.9 Å². The normalized spacial score (nSPS) is 18.4. The predicted molar refractivity (Wildman–Crippen MR) is 125 cm³/mol. The quantitative estimate of drug-likeness (QED) is 0.683. The standard InChI is InChI=1S/C26H25N3O3/c30-24-16-20(17-29(24)23-9-5-7-18-6-1-2-8-22(18)23)25(31)27-21-12-10-19(11-13-21)26(32)28-14-3-4-15-28/h1-2,5-13,20H,3-4,14-17H2,(H,27,31)/t20-/m0/s1. The first-order valence-electron chi connectivity index (χ1n) is 11.1. The van der Waals surface area contributed by atoms with E-state index in [4.69, 9.17) is 0 Å². The van der Waals surface area contributed by atoms with Crippen molar-refractivity contribution < 1.29 is 14.4 Å². The van der Waals surface area contributed by atoms with E-state index < -0.39 is 5.92 Å². The molecule has 3 aromatic carbocycles. The van der Waals surface area contributed by atoms with Gasteiger partial charge >= 0.3 is 0 Å². The minimum Gasteiger partial charge on any atom is -0.339 e. The van der Waals surface area contributed by atoms with Gasteiger partial charge in [-0.3, -0.25) is 14.4 Å². The maximum absolute atomic E-state index is 12.9. The van der Waals surface area contributed by atoms with E-state index in [1.165, 1.54) is 0 Å². The lowest BCUT2D eigenvalue weighted by atomic mass is 10.1. The summed E-state index contributed by atoms with van der Waals surface area (Å²) in [5.74, 6) is -0.618. The van der Waals surface area contributed by atoms with Crippen molar-refractivity contribution in [3.8, 4) is 0 Å². The Bertz CT molecular complexity index is 1180. The van der Waals surface area contributed by atoms with E-state index in [2.05, 4.69) is 5.32 Å². The molecule has 6 heteroatoms. The van der Waals surface area contributed by atoms with Crippen molar-refractivity contribution in [1.29, 1.82) is 0 Å². The fraction of sp³-hybridized carbons (Fsp3) is 0.269. The SMILES string of the molecule is O=C(Nc1ccc(C(=O)N2CCCC2)cc1)[C@H]1CC(=O)N(c2cccc3ccccc23)C1. The summed E-state index contributed by atoms with van der Waals surface area (Å²) in [4.78, 5) is 41.7. The van der Waals surface area contributed by atoms with Crippen LogP contribution in [0.25, 0.3) is 10.8 Å². The van der Waals surface area contributed by atoms with Crippen LogP contribution in [0, 0.1) is 5.92 Å². The third-order valence-electron chi connectivity index (χ3n) is 6.35. The lowest BCUT2D eigenvalue weighted by Gasteiger charge is -2.19.